The summed E-state index contributed by atoms with van der Waals surface area (Å²) in [6.45, 7) is 55.2. The van der Waals surface area contributed by atoms with Gasteiger partial charge in [-0.15, -0.1) is 0 Å². The molecule has 7 heteroatoms. The highest BCUT2D eigenvalue weighted by Gasteiger charge is 2.37. The van der Waals surface area contributed by atoms with Crippen LogP contribution < -0.4 is 19.4 Å². The van der Waals surface area contributed by atoms with Gasteiger partial charge in [0.25, 0.3) is 0 Å². The fraction of sp³-hybridized carbons (Fsp3) is 0.471. The molecule has 0 amide bonds. The summed E-state index contributed by atoms with van der Waals surface area (Å²) in [5, 5.41) is 7.15. The van der Waals surface area contributed by atoms with Gasteiger partial charge in [0.15, 0.2) is 0 Å². The van der Waals surface area contributed by atoms with E-state index in [0.29, 0.717) is 0 Å². The molecule has 0 aliphatic carbocycles. The Hall–Kier alpha value is -4.95. The van der Waals surface area contributed by atoms with E-state index < -0.39 is 16.5 Å². The van der Waals surface area contributed by atoms with Crippen molar-refractivity contribution in [1.82, 2.24) is 0 Å². The van der Waals surface area contributed by atoms with Gasteiger partial charge in [-0.1, -0.05) is 227 Å². The third kappa shape index (κ3) is 11.4. The molecule has 0 bridgehead atoms. The minimum Gasteiger partial charge on any atom is -0.448 e. The number of hydrogen-bond donors (Lipinski definition) is 1. The third-order valence-electron chi connectivity index (χ3n) is 14.9. The first-order valence-corrected chi connectivity index (χ1v) is 29.6. The van der Waals surface area contributed by atoms with Crippen LogP contribution in [0.3, 0.4) is 0 Å². The minimum atomic E-state index is -2.16. The van der Waals surface area contributed by atoms with E-state index in [2.05, 4.69) is 268 Å². The maximum Gasteiger partial charge on any atom is 0.453 e. The second kappa shape index (κ2) is 18.9. The van der Waals surface area contributed by atoms with E-state index in [1.807, 2.05) is 0 Å². The van der Waals surface area contributed by atoms with Crippen LogP contribution in [0.15, 0.2) is 105 Å². The summed E-state index contributed by atoms with van der Waals surface area (Å²) >= 11 is 0. The molecule has 400 valence electrons. The zero-order chi connectivity index (χ0) is 55.6. The lowest BCUT2D eigenvalue weighted by atomic mass is 9.75. The van der Waals surface area contributed by atoms with E-state index >= 15 is 0 Å². The lowest BCUT2D eigenvalue weighted by Crippen LogP contribution is -2.22. The van der Waals surface area contributed by atoms with Crippen LogP contribution in [0, 0.1) is 0 Å². The molecule has 0 saturated carbocycles. The molecule has 0 radical (unpaired) electrons. The highest BCUT2D eigenvalue weighted by molar-refractivity contribution is 7.63. The second-order valence-corrected chi connectivity index (χ2v) is 32.1. The van der Waals surface area contributed by atoms with Crippen LogP contribution in [-0.2, 0) is 43.3 Å². The fourth-order valence-corrected chi connectivity index (χ4v) is 12.8. The first kappa shape index (κ1) is 56.3. The molecule has 1 aromatic heterocycles. The van der Waals surface area contributed by atoms with Crippen molar-refractivity contribution in [2.45, 2.75) is 209 Å². The van der Waals surface area contributed by atoms with Crippen molar-refractivity contribution in [2.24, 2.45) is 0 Å². The normalized spacial score (nSPS) is 14.9. The highest BCUT2D eigenvalue weighted by atomic mass is 31.2. The molecule has 1 aliphatic rings. The molecule has 1 N–H and O–H groups in total. The van der Waals surface area contributed by atoms with Crippen molar-refractivity contribution in [3.05, 3.63) is 142 Å². The number of fused-ring (bicyclic) bond motifs is 6. The Labute approximate surface area is 454 Å². The Kier molecular flexibility index (Phi) is 14.2. The Morgan fingerprint density at radius 1 is 0.347 bits per heavy atom. The van der Waals surface area contributed by atoms with Crippen molar-refractivity contribution in [2.75, 3.05) is 5.09 Å². The summed E-state index contributed by atoms with van der Waals surface area (Å²) in [7, 11) is -3.55. The number of anilines is 1. The Morgan fingerprint density at radius 2 is 0.693 bits per heavy atom. The molecule has 6 aromatic carbocycles. The molecule has 7 aromatic rings. The number of hydrogen-bond acceptors (Lipinski definition) is 5. The number of para-hydroxylation sites is 1. The zero-order valence-electron chi connectivity index (χ0n) is 50.3. The third-order valence-corrected chi connectivity index (χ3v) is 17.5. The van der Waals surface area contributed by atoms with E-state index in [1.165, 1.54) is 33.4 Å². The van der Waals surface area contributed by atoms with Crippen LogP contribution in [0.5, 0.6) is 11.5 Å². The zero-order valence-corrected chi connectivity index (χ0v) is 52.1. The Bertz CT molecular complexity index is 3280. The van der Waals surface area contributed by atoms with Gasteiger partial charge in [0.2, 0.25) is 8.30 Å². The number of rotatable bonds is 5. The van der Waals surface area contributed by atoms with Gasteiger partial charge < -0.3 is 22.5 Å². The molecule has 8 rings (SSSR count). The topological polar surface area (TPSA) is 56.8 Å². The van der Waals surface area contributed by atoms with Crippen LogP contribution in [-0.4, -0.2) is 0 Å². The SMILES string of the molecule is CC(C)(C)c1cc(-c2cc(C(C)(C)C)cc(C(C)(C)C)c2Op2oc3c(C(C)(C)C)cc(C(C)(C)C)cc3c3cc(C(C)(C)C)cc(C(C)(C)C)c3o2)c(OP2Nc3ccccc3-c3ccccc32)c(C(C)(C)C)c1. The maximum atomic E-state index is 7.84. The van der Waals surface area contributed by atoms with E-state index in [-0.39, 0.29) is 43.3 Å². The summed E-state index contributed by atoms with van der Waals surface area (Å²) in [4.78, 5) is 0. The van der Waals surface area contributed by atoms with Crippen LogP contribution in [0.25, 0.3) is 44.2 Å². The molecule has 0 saturated heterocycles. The molecule has 0 spiro atoms. The molecular formula is C68H89NO4P2. The number of benzene rings is 6. The van der Waals surface area contributed by atoms with Crippen LogP contribution in [0.1, 0.15) is 211 Å². The molecular weight excluding hydrogens is 957 g/mol. The predicted octanol–water partition coefficient (Wildman–Crippen LogP) is 21.3. The molecule has 2 heterocycles. The van der Waals surface area contributed by atoms with E-state index in [0.717, 1.165) is 77.8 Å². The minimum absolute atomic E-state index is 0.128. The van der Waals surface area contributed by atoms with Gasteiger partial charge in [-0.2, -0.15) is 0 Å². The molecule has 1 aliphatic heterocycles. The van der Waals surface area contributed by atoms with E-state index in [9.17, 15) is 0 Å². The van der Waals surface area contributed by atoms with Crippen molar-refractivity contribution in [1.29, 1.82) is 0 Å². The van der Waals surface area contributed by atoms with Crippen LogP contribution >= 0.6 is 16.5 Å². The Morgan fingerprint density at radius 3 is 1.09 bits per heavy atom. The molecule has 1 atom stereocenters. The first-order valence-electron chi connectivity index (χ1n) is 27.3. The maximum absolute atomic E-state index is 7.84. The van der Waals surface area contributed by atoms with E-state index in [4.69, 9.17) is 17.4 Å². The average molecular weight is 1050 g/mol. The predicted molar refractivity (Wildman–Crippen MR) is 327 cm³/mol. The summed E-state index contributed by atoms with van der Waals surface area (Å²) in [6, 6.07) is 36.3. The molecule has 75 heavy (non-hydrogen) atoms. The van der Waals surface area contributed by atoms with Gasteiger partial charge in [0, 0.05) is 60.7 Å². The largest absolute Gasteiger partial charge is 0.453 e. The van der Waals surface area contributed by atoms with Gasteiger partial charge in [-0.25, -0.2) is 0 Å². The lowest BCUT2D eigenvalue weighted by Gasteiger charge is -2.34. The van der Waals surface area contributed by atoms with Crippen molar-refractivity contribution in [3.8, 4) is 33.8 Å². The molecule has 5 nitrogen and oxygen atoms in total. The van der Waals surface area contributed by atoms with Gasteiger partial charge in [0.1, 0.15) is 22.7 Å². The summed E-state index contributed by atoms with van der Waals surface area (Å²) in [5.74, 6) is 1.59. The number of nitrogens with one attached hydrogen (secondary N) is 1. The van der Waals surface area contributed by atoms with Gasteiger partial charge >= 0.3 is 8.24 Å². The van der Waals surface area contributed by atoms with Crippen molar-refractivity contribution in [3.63, 3.8) is 0 Å². The second-order valence-electron chi connectivity index (χ2n) is 29.7. The average Bonchev–Trinajstić information content (AvgIpc) is 3.42. The van der Waals surface area contributed by atoms with Gasteiger partial charge in [-0.05, 0) is 108 Å². The van der Waals surface area contributed by atoms with Crippen molar-refractivity contribution >= 4 is 49.5 Å². The lowest BCUT2D eigenvalue weighted by molar-refractivity contribution is 0.471. The summed E-state index contributed by atoms with van der Waals surface area (Å²) in [5.41, 5.74) is 14.5. The van der Waals surface area contributed by atoms with Gasteiger partial charge in [-0.3, -0.25) is 0 Å². The van der Waals surface area contributed by atoms with Crippen LogP contribution in [0.2, 0.25) is 0 Å². The Balaban J connectivity index is 1.55. The molecule has 0 fully saturated rings. The standard InChI is InChI=1S/C68H89NO4P2/c1-61(2,3)41-33-47(57(51(37-41)65(13,14)15)70-74-56-32-28-26-30-46(56)45-29-25-27-31-55(45)69-74)48-34-42(62(4,5)6)38-52(66(16,17)18)58(48)71-75-72-59-49(35-43(63(7,8)9)39-53(59)67(19,20)21)50-36-44(64(10,11)12)40-54(60(50)73-75)68(22,23)24/h25-40,69H,1-24H3. The van der Waals surface area contributed by atoms with E-state index in [1.54, 1.807) is 0 Å². The monoisotopic (exact) mass is 1050 g/mol. The highest BCUT2D eigenvalue weighted by Crippen LogP contribution is 2.56. The smallest absolute Gasteiger partial charge is 0.448 e. The van der Waals surface area contributed by atoms with Gasteiger partial charge in [0.05, 0.1) is 0 Å². The first-order chi connectivity index (χ1) is 34.2. The van der Waals surface area contributed by atoms with Crippen molar-refractivity contribution < 1.29 is 17.4 Å². The summed E-state index contributed by atoms with van der Waals surface area (Å²) in [6.07, 6.45) is 0. The fourth-order valence-electron chi connectivity index (χ4n) is 9.98. The van der Waals surface area contributed by atoms with Crippen LogP contribution in [0.4, 0.5) is 5.69 Å². The quantitative estimate of drug-likeness (QED) is 0.174. The summed E-state index contributed by atoms with van der Waals surface area (Å²) < 4.78 is 30.8. The molecule has 1 unspecified atom stereocenters.